The van der Waals surface area contributed by atoms with E-state index < -0.39 is 105 Å². The van der Waals surface area contributed by atoms with Crippen molar-refractivity contribution in [2.75, 3.05) is 0 Å². The van der Waals surface area contributed by atoms with Crippen LogP contribution in [0.5, 0.6) is 17.2 Å². The molecule has 0 aliphatic carbocycles. The van der Waals surface area contributed by atoms with E-state index in [-0.39, 0.29) is 159 Å². The zero-order chi connectivity index (χ0) is 30.9. The first-order valence-electron chi connectivity index (χ1n) is 10.1. The summed E-state index contributed by atoms with van der Waals surface area (Å²) >= 11 is 0. The van der Waals surface area contributed by atoms with Crippen LogP contribution in [0.2, 0.25) is 0 Å². The first kappa shape index (κ1) is 48.7. The molecular weight excluding hydrogens is 792 g/mol. The number of hydrogen-bond donors (Lipinski definition) is 1. The van der Waals surface area contributed by atoms with Crippen LogP contribution in [-0.4, -0.2) is 51.9 Å². The average molecular weight is 800 g/mol. The molecule has 0 saturated carbocycles. The fourth-order valence-electron chi connectivity index (χ4n) is 3.73. The molecule has 4 aromatic rings. The van der Waals surface area contributed by atoms with E-state index in [0.29, 0.717) is 12.1 Å². The van der Waals surface area contributed by atoms with Crippen LogP contribution in [0.3, 0.4) is 0 Å². The second-order valence-corrected chi connectivity index (χ2v) is 13.5. The monoisotopic (exact) mass is 799 g/mol. The Kier molecular flexibility index (Phi) is 18.2. The summed E-state index contributed by atoms with van der Waals surface area (Å²) in [6, 6.07) is 3.24. The van der Waals surface area contributed by atoms with Gasteiger partial charge in [-0.2, -0.15) is 18.6 Å². The van der Waals surface area contributed by atoms with E-state index in [9.17, 15) is 67.2 Å². The maximum absolute atomic E-state index is 13.1. The van der Waals surface area contributed by atoms with E-state index in [1.165, 1.54) is 0 Å². The predicted molar refractivity (Wildman–Crippen MR) is 124 cm³/mol. The maximum atomic E-state index is 13.1. The second-order valence-electron chi connectivity index (χ2n) is 8.03. The smallest absolute Gasteiger partial charge is 0.872 e. The molecule has 0 aliphatic heterocycles. The summed E-state index contributed by atoms with van der Waals surface area (Å²) in [5.41, 5.74) is -2.03. The van der Waals surface area contributed by atoms with Gasteiger partial charge in [0.05, 0.1) is 26.1 Å². The number of azo groups is 1. The Morgan fingerprint density at radius 1 is 0.565 bits per heavy atom. The molecule has 0 spiro atoms. The van der Waals surface area contributed by atoms with Crippen LogP contribution in [0.15, 0.2) is 72.3 Å². The zero-order valence-corrected chi connectivity index (χ0v) is 35.7. The second kappa shape index (κ2) is 17.2. The van der Waals surface area contributed by atoms with Crippen molar-refractivity contribution in [3.63, 3.8) is 0 Å². The molecule has 0 unspecified atom stereocenters. The van der Waals surface area contributed by atoms with Gasteiger partial charge in [-0.3, -0.25) is 4.55 Å². The van der Waals surface area contributed by atoms with Crippen molar-refractivity contribution in [1.82, 2.24) is 0 Å². The molecule has 0 aromatic heterocycles. The van der Waals surface area contributed by atoms with Gasteiger partial charge in [0.2, 0.25) is 0 Å². The molecule has 0 bridgehead atoms. The van der Waals surface area contributed by atoms with Crippen LogP contribution in [0.4, 0.5) is 11.4 Å². The van der Waals surface area contributed by atoms with Gasteiger partial charge in [-0.05, 0) is 35.0 Å². The molecule has 0 heterocycles. The van der Waals surface area contributed by atoms with E-state index in [1.807, 2.05) is 0 Å². The predicted octanol–water partition coefficient (Wildman–Crippen LogP) is -12.4. The Bertz CT molecular complexity index is 2310. The molecule has 0 amide bonds. The Morgan fingerprint density at radius 2 is 1.07 bits per heavy atom. The number of nitrogens with zero attached hydrogens (tertiary/aromatic N) is 2. The number of benzene rings is 4. The molecule has 0 saturated heterocycles. The largest absolute Gasteiger partial charge is 2.00 e. The van der Waals surface area contributed by atoms with Gasteiger partial charge >= 0.3 is 135 Å². The minimum atomic E-state index is -5.71. The Balaban J connectivity index is 0. The first-order valence-corrected chi connectivity index (χ1v) is 15.8. The molecule has 0 aliphatic rings. The van der Waals surface area contributed by atoms with Gasteiger partial charge in [-0.25, -0.2) is 25.3 Å². The summed E-state index contributed by atoms with van der Waals surface area (Å²) in [7, 11) is -22.1. The molecule has 17 nitrogen and oxygen atoms in total. The molecule has 4 aromatic carbocycles. The van der Waals surface area contributed by atoms with Crippen LogP contribution < -0.4 is 134 Å². The van der Waals surface area contributed by atoms with Crippen LogP contribution in [-0.2, 0) is 57.5 Å². The van der Waals surface area contributed by atoms with Crippen molar-refractivity contribution in [3.8, 4) is 17.2 Å². The number of fused-ring (bicyclic) bond motifs is 2. The topological polar surface area (TPSA) is 320 Å². The van der Waals surface area contributed by atoms with Crippen LogP contribution >= 0.6 is 0 Å². The normalized spacial score (nSPS) is 11.9. The Morgan fingerprint density at radius 3 is 1.54 bits per heavy atom. The quantitative estimate of drug-likeness (QED) is 0.108. The molecule has 4 rings (SSSR count). The molecule has 46 heavy (non-hydrogen) atoms. The van der Waals surface area contributed by atoms with E-state index in [1.54, 1.807) is 0 Å². The van der Waals surface area contributed by atoms with E-state index in [4.69, 9.17) is 0 Å². The van der Waals surface area contributed by atoms with Gasteiger partial charge in [-0.1, -0.05) is 35.4 Å². The fourth-order valence-corrected chi connectivity index (χ4v) is 6.27. The number of rotatable bonds is 6. The van der Waals surface area contributed by atoms with Crippen molar-refractivity contribution in [3.05, 3.63) is 42.5 Å². The summed E-state index contributed by atoms with van der Waals surface area (Å²) in [6.07, 6.45) is 0. The van der Waals surface area contributed by atoms with E-state index >= 15 is 0 Å². The van der Waals surface area contributed by atoms with Gasteiger partial charge in [0, 0.05) is 10.8 Å². The summed E-state index contributed by atoms with van der Waals surface area (Å²) < 4.78 is 138. The maximum Gasteiger partial charge on any atom is 2.00 e. The number of hydrogen-bond acceptors (Lipinski definition) is 16. The summed E-state index contributed by atoms with van der Waals surface area (Å²) in [6.45, 7) is 0. The standard InChI is InChI=1S/C20H14N2O15S4.Cu.4Na/c23-14-2-1-10-11(3-8(5-15(10)24)38(26,27)28)19(14)22-21-13-7-16(40(32,33)34)12-4-9(39(29,30)31)6-17(41(35,36)37)18(12)20(13)25;;;;;/h1-7,23-25H,(H,26,27,28)(H,29,30,31)(H,32,33,34)(H,35,36,37);;;;;/q;+2;4*+1/p-6. The SMILES string of the molecule is O=S(=O)([O-])c1cc([O-])c2ccc([O-])c(N=Nc3cc(S(=O)(=O)[O-])c4cc(S(=O)(=O)[O-])cc(S(=O)(=O)O)c4c3[O-])c2c1.[Cu+2].[Na+].[Na+].[Na+].[Na+]. The van der Waals surface area contributed by atoms with Gasteiger partial charge in [0.1, 0.15) is 35.2 Å². The summed E-state index contributed by atoms with van der Waals surface area (Å²) in [5.74, 6) is -3.70. The van der Waals surface area contributed by atoms with Crippen molar-refractivity contribution in [2.24, 2.45) is 10.2 Å². The first-order chi connectivity index (χ1) is 18.6. The van der Waals surface area contributed by atoms with Gasteiger partial charge in [0.15, 0.2) is 0 Å². The van der Waals surface area contributed by atoms with E-state index in [0.717, 1.165) is 12.1 Å². The van der Waals surface area contributed by atoms with Gasteiger partial charge in [-0.15, -0.1) is 0 Å². The zero-order valence-electron chi connectivity index (χ0n) is 23.5. The molecule has 227 valence electrons. The van der Waals surface area contributed by atoms with Crippen LogP contribution in [0.25, 0.3) is 21.5 Å². The fraction of sp³-hybridized carbons (Fsp3) is 0. The summed E-state index contributed by atoms with van der Waals surface area (Å²) in [5, 5.41) is 41.3. The minimum Gasteiger partial charge on any atom is -0.872 e. The van der Waals surface area contributed by atoms with Crippen LogP contribution in [0.1, 0.15) is 0 Å². The van der Waals surface area contributed by atoms with Crippen molar-refractivity contribution in [2.45, 2.75) is 19.6 Å². The molecule has 1 radical (unpaired) electrons. The Labute approximate surface area is 359 Å². The van der Waals surface area contributed by atoms with Crippen molar-refractivity contribution >= 4 is 73.4 Å². The molecular formula is C20H8CuN2Na4O15S4. The Hall–Kier alpha value is 0.559. The third-order valence-corrected chi connectivity index (χ3v) is 8.84. The third kappa shape index (κ3) is 10.3. The average Bonchev–Trinajstić information content (AvgIpc) is 2.81. The van der Waals surface area contributed by atoms with Crippen molar-refractivity contribution < 1.29 is 202 Å². The molecule has 1 N–H and O–H groups in total. The third-order valence-electron chi connectivity index (χ3n) is 5.46. The van der Waals surface area contributed by atoms with Gasteiger partial charge in [0.25, 0.3) is 10.1 Å². The molecule has 0 fully saturated rings. The summed E-state index contributed by atoms with van der Waals surface area (Å²) in [4.78, 5) is -5.57. The van der Waals surface area contributed by atoms with Crippen molar-refractivity contribution in [1.29, 1.82) is 0 Å². The van der Waals surface area contributed by atoms with Gasteiger partial charge < -0.3 is 29.0 Å². The minimum absolute atomic E-state index is 0. The van der Waals surface area contributed by atoms with E-state index in [2.05, 4.69) is 10.2 Å². The molecule has 26 heteroatoms. The molecule has 0 atom stereocenters. The van der Waals surface area contributed by atoms with Crippen LogP contribution in [0, 0.1) is 0 Å².